The molecule has 0 unspecified atom stereocenters. The van der Waals surface area contributed by atoms with Crippen molar-refractivity contribution in [2.24, 2.45) is 0 Å². The fourth-order valence-electron chi connectivity index (χ4n) is 2.54. The van der Waals surface area contributed by atoms with E-state index in [2.05, 4.69) is 27.5 Å². The lowest BCUT2D eigenvalue weighted by Gasteiger charge is -2.30. The van der Waals surface area contributed by atoms with Crippen molar-refractivity contribution in [2.45, 2.75) is 19.5 Å². The quantitative estimate of drug-likeness (QED) is 0.926. The number of piperazine rings is 1. The monoisotopic (exact) mass is 345 g/mol. The average Bonchev–Trinajstić information content (AvgIpc) is 2.87. The molecule has 0 amide bonds. The van der Waals surface area contributed by atoms with Crippen LogP contribution in [0.4, 0.5) is 4.39 Å². The van der Waals surface area contributed by atoms with E-state index in [4.69, 9.17) is 11.6 Å². The standard InChI is InChI=1S/C14H17ClFN5.ClH/c1-10-7-20(5-4-17-10)8-12-9-21(19-18-12)14-3-2-11(16)6-13(14)15;/h2-3,6,9-10,17H,4-5,7-8H2,1H3;1H/t10-;/m1./s1. The maximum absolute atomic E-state index is 13.1. The van der Waals surface area contributed by atoms with Crippen molar-refractivity contribution in [3.63, 3.8) is 0 Å². The van der Waals surface area contributed by atoms with E-state index in [1.54, 1.807) is 10.7 Å². The first kappa shape index (κ1) is 17.1. The van der Waals surface area contributed by atoms with Crippen molar-refractivity contribution < 1.29 is 4.39 Å². The molecule has 0 aliphatic carbocycles. The first-order chi connectivity index (χ1) is 10.1. The Kier molecular flexibility index (Phi) is 5.74. The van der Waals surface area contributed by atoms with Crippen LogP contribution in [0.25, 0.3) is 5.69 Å². The molecule has 1 aliphatic rings. The van der Waals surface area contributed by atoms with Crippen molar-refractivity contribution in [3.8, 4) is 5.69 Å². The highest BCUT2D eigenvalue weighted by Gasteiger charge is 2.17. The molecule has 2 heterocycles. The van der Waals surface area contributed by atoms with Crippen molar-refractivity contribution in [1.82, 2.24) is 25.2 Å². The smallest absolute Gasteiger partial charge is 0.124 e. The molecule has 3 rings (SSSR count). The third kappa shape index (κ3) is 3.95. The summed E-state index contributed by atoms with van der Waals surface area (Å²) >= 11 is 6.04. The Morgan fingerprint density at radius 2 is 2.27 bits per heavy atom. The second-order valence-electron chi connectivity index (χ2n) is 5.34. The summed E-state index contributed by atoms with van der Waals surface area (Å²) in [6, 6.07) is 4.72. The second kappa shape index (κ2) is 7.37. The predicted molar refractivity (Wildman–Crippen MR) is 86.3 cm³/mol. The van der Waals surface area contributed by atoms with E-state index < -0.39 is 0 Å². The maximum Gasteiger partial charge on any atom is 0.124 e. The molecule has 2 aromatic rings. The Hall–Kier alpha value is -1.21. The molecule has 22 heavy (non-hydrogen) atoms. The molecule has 1 saturated heterocycles. The first-order valence-corrected chi connectivity index (χ1v) is 7.32. The van der Waals surface area contributed by atoms with Gasteiger partial charge in [0.15, 0.2) is 0 Å². The Labute approximate surface area is 139 Å². The number of nitrogens with zero attached hydrogens (tertiary/aromatic N) is 4. The summed E-state index contributed by atoms with van der Waals surface area (Å²) in [7, 11) is 0. The van der Waals surface area contributed by atoms with Crippen LogP contribution >= 0.6 is 24.0 Å². The fraction of sp³-hybridized carbons (Fsp3) is 0.429. The van der Waals surface area contributed by atoms with Crippen LogP contribution < -0.4 is 5.32 Å². The van der Waals surface area contributed by atoms with Gasteiger partial charge in [0, 0.05) is 32.2 Å². The molecule has 1 aliphatic heterocycles. The van der Waals surface area contributed by atoms with Crippen molar-refractivity contribution in [1.29, 1.82) is 0 Å². The summed E-state index contributed by atoms with van der Waals surface area (Å²) in [4.78, 5) is 2.34. The Balaban J connectivity index is 0.00000176. The summed E-state index contributed by atoms with van der Waals surface area (Å²) in [6.45, 7) is 5.89. The first-order valence-electron chi connectivity index (χ1n) is 6.94. The van der Waals surface area contributed by atoms with Gasteiger partial charge in [0.1, 0.15) is 5.82 Å². The SMILES string of the molecule is C[C@@H]1CN(Cc2cn(-c3ccc(F)cc3Cl)nn2)CCN1.Cl. The fourth-order valence-corrected chi connectivity index (χ4v) is 2.79. The van der Waals surface area contributed by atoms with Gasteiger partial charge in [0.05, 0.1) is 22.6 Å². The number of rotatable bonds is 3. The van der Waals surface area contributed by atoms with E-state index in [9.17, 15) is 4.39 Å². The zero-order valence-corrected chi connectivity index (χ0v) is 13.7. The average molecular weight is 346 g/mol. The van der Waals surface area contributed by atoms with Gasteiger partial charge in [0.25, 0.3) is 0 Å². The van der Waals surface area contributed by atoms with Gasteiger partial charge < -0.3 is 5.32 Å². The van der Waals surface area contributed by atoms with E-state index >= 15 is 0 Å². The number of benzene rings is 1. The second-order valence-corrected chi connectivity index (χ2v) is 5.75. The molecule has 8 heteroatoms. The molecular weight excluding hydrogens is 328 g/mol. The number of nitrogens with one attached hydrogen (secondary N) is 1. The normalized spacial score (nSPS) is 19.0. The third-order valence-electron chi connectivity index (χ3n) is 3.54. The molecule has 0 spiro atoms. The van der Waals surface area contributed by atoms with Gasteiger partial charge in [-0.15, -0.1) is 17.5 Å². The van der Waals surface area contributed by atoms with Crippen LogP contribution in [0.15, 0.2) is 24.4 Å². The van der Waals surface area contributed by atoms with E-state index in [0.717, 1.165) is 31.9 Å². The summed E-state index contributed by atoms with van der Waals surface area (Å²) in [5.74, 6) is -0.362. The molecule has 1 fully saturated rings. The zero-order valence-electron chi connectivity index (χ0n) is 12.2. The van der Waals surface area contributed by atoms with Crippen LogP contribution in [0.1, 0.15) is 12.6 Å². The van der Waals surface area contributed by atoms with Crippen molar-refractivity contribution in [3.05, 3.63) is 40.9 Å². The van der Waals surface area contributed by atoms with Gasteiger partial charge in [-0.25, -0.2) is 9.07 Å². The molecule has 120 valence electrons. The van der Waals surface area contributed by atoms with E-state index in [0.29, 0.717) is 16.8 Å². The van der Waals surface area contributed by atoms with Gasteiger partial charge in [-0.05, 0) is 25.1 Å². The van der Waals surface area contributed by atoms with E-state index in [1.165, 1.54) is 12.1 Å². The lowest BCUT2D eigenvalue weighted by Crippen LogP contribution is -2.48. The van der Waals surface area contributed by atoms with Crippen LogP contribution in [0.3, 0.4) is 0 Å². The summed E-state index contributed by atoms with van der Waals surface area (Å²) in [5, 5.41) is 12.0. The van der Waals surface area contributed by atoms with Gasteiger partial charge in [-0.2, -0.15) is 0 Å². The van der Waals surface area contributed by atoms with Crippen LogP contribution in [-0.2, 0) is 6.54 Å². The largest absolute Gasteiger partial charge is 0.312 e. The zero-order chi connectivity index (χ0) is 14.8. The lowest BCUT2D eigenvalue weighted by molar-refractivity contribution is 0.197. The minimum atomic E-state index is -0.362. The molecule has 1 aromatic carbocycles. The van der Waals surface area contributed by atoms with Gasteiger partial charge in [-0.3, -0.25) is 4.90 Å². The van der Waals surface area contributed by atoms with Crippen LogP contribution in [0.2, 0.25) is 5.02 Å². The highest BCUT2D eigenvalue weighted by Crippen LogP contribution is 2.20. The Morgan fingerprint density at radius 3 is 3.00 bits per heavy atom. The van der Waals surface area contributed by atoms with Crippen molar-refractivity contribution >= 4 is 24.0 Å². The molecule has 1 N–H and O–H groups in total. The van der Waals surface area contributed by atoms with Crippen LogP contribution in [-0.4, -0.2) is 45.6 Å². The number of halogens is 3. The summed E-state index contributed by atoms with van der Waals surface area (Å²) in [5.41, 5.74) is 1.51. The minimum Gasteiger partial charge on any atom is -0.312 e. The summed E-state index contributed by atoms with van der Waals surface area (Å²) < 4.78 is 14.7. The molecule has 0 radical (unpaired) electrons. The number of hydrogen-bond donors (Lipinski definition) is 1. The predicted octanol–water partition coefficient (Wildman–Crippen LogP) is 2.28. The molecule has 0 bridgehead atoms. The van der Waals surface area contributed by atoms with Gasteiger partial charge in [-0.1, -0.05) is 16.8 Å². The van der Waals surface area contributed by atoms with Crippen LogP contribution in [0, 0.1) is 5.82 Å². The molecule has 1 atom stereocenters. The molecule has 0 saturated carbocycles. The minimum absolute atomic E-state index is 0. The Morgan fingerprint density at radius 1 is 1.45 bits per heavy atom. The number of hydrogen-bond acceptors (Lipinski definition) is 4. The van der Waals surface area contributed by atoms with Crippen LogP contribution in [0.5, 0.6) is 0 Å². The van der Waals surface area contributed by atoms with Gasteiger partial charge in [0.2, 0.25) is 0 Å². The third-order valence-corrected chi connectivity index (χ3v) is 3.84. The molecule has 5 nitrogen and oxygen atoms in total. The van der Waals surface area contributed by atoms with E-state index in [1.807, 2.05) is 6.20 Å². The lowest BCUT2D eigenvalue weighted by atomic mass is 10.2. The molecular formula is C14H18Cl2FN5. The topological polar surface area (TPSA) is 46.0 Å². The highest BCUT2D eigenvalue weighted by atomic mass is 35.5. The van der Waals surface area contributed by atoms with Gasteiger partial charge >= 0.3 is 0 Å². The Bertz CT molecular complexity index is 633. The van der Waals surface area contributed by atoms with E-state index in [-0.39, 0.29) is 18.2 Å². The maximum atomic E-state index is 13.1. The molecule has 1 aromatic heterocycles. The summed E-state index contributed by atoms with van der Waals surface area (Å²) in [6.07, 6.45) is 1.84. The van der Waals surface area contributed by atoms with Crippen molar-refractivity contribution in [2.75, 3.05) is 19.6 Å². The number of aromatic nitrogens is 3. The highest BCUT2D eigenvalue weighted by molar-refractivity contribution is 6.32.